The maximum atomic E-state index is 12.1. The number of hydrogen-bond acceptors (Lipinski definition) is 2. The second-order valence-corrected chi connectivity index (χ2v) is 4.83. The predicted octanol–water partition coefficient (Wildman–Crippen LogP) is 1.65. The average molecular weight is 239 g/mol. The molecule has 17 heavy (non-hydrogen) atoms. The third-order valence-corrected chi connectivity index (χ3v) is 3.50. The van der Waals surface area contributed by atoms with Gasteiger partial charge in [-0.2, -0.15) is 0 Å². The molecule has 0 aromatic heterocycles. The molecule has 0 spiro atoms. The van der Waals surface area contributed by atoms with Crippen molar-refractivity contribution in [3.63, 3.8) is 0 Å². The van der Waals surface area contributed by atoms with E-state index in [1.807, 2.05) is 0 Å². The van der Waals surface area contributed by atoms with Crippen LogP contribution in [-0.2, 0) is 9.59 Å². The van der Waals surface area contributed by atoms with Crippen molar-refractivity contribution in [3.8, 4) is 0 Å². The molecule has 0 unspecified atom stereocenters. The van der Waals surface area contributed by atoms with Crippen LogP contribution in [0.5, 0.6) is 0 Å². The molecule has 0 atom stereocenters. The van der Waals surface area contributed by atoms with Crippen molar-refractivity contribution in [2.45, 2.75) is 63.8 Å². The maximum Gasteiger partial charge on any atom is 0.310 e. The van der Waals surface area contributed by atoms with Crippen molar-refractivity contribution in [3.05, 3.63) is 0 Å². The van der Waals surface area contributed by atoms with Gasteiger partial charge in [0, 0.05) is 6.54 Å². The molecule has 1 fully saturated rings. The predicted molar refractivity (Wildman–Crippen MR) is 67.2 cm³/mol. The SMILES string of the molecule is CCCCCNC(=O)C1(N[C]=O)CCCCC1. The summed E-state index contributed by atoms with van der Waals surface area (Å²) in [7, 11) is 0. The van der Waals surface area contributed by atoms with Crippen molar-refractivity contribution < 1.29 is 9.59 Å². The second-order valence-electron chi connectivity index (χ2n) is 4.83. The van der Waals surface area contributed by atoms with Crippen LogP contribution in [-0.4, -0.2) is 24.4 Å². The highest BCUT2D eigenvalue weighted by molar-refractivity contribution is 5.88. The van der Waals surface area contributed by atoms with Gasteiger partial charge in [0.05, 0.1) is 0 Å². The Hall–Kier alpha value is -1.06. The molecule has 0 bridgehead atoms. The average Bonchev–Trinajstić information content (AvgIpc) is 2.36. The zero-order chi connectivity index (χ0) is 12.6. The summed E-state index contributed by atoms with van der Waals surface area (Å²) in [4.78, 5) is 22.7. The topological polar surface area (TPSA) is 58.2 Å². The summed E-state index contributed by atoms with van der Waals surface area (Å²) >= 11 is 0. The van der Waals surface area contributed by atoms with Gasteiger partial charge < -0.3 is 10.6 Å². The summed E-state index contributed by atoms with van der Waals surface area (Å²) in [5, 5.41) is 5.55. The number of amides is 2. The Morgan fingerprint density at radius 3 is 2.53 bits per heavy atom. The van der Waals surface area contributed by atoms with E-state index in [1.165, 1.54) is 0 Å². The Kier molecular flexibility index (Phi) is 6.01. The lowest BCUT2D eigenvalue weighted by atomic mass is 9.81. The molecule has 0 aromatic carbocycles. The Morgan fingerprint density at radius 2 is 1.94 bits per heavy atom. The Balaban J connectivity index is 2.45. The number of hydrogen-bond donors (Lipinski definition) is 2. The first-order valence-corrected chi connectivity index (χ1v) is 6.68. The van der Waals surface area contributed by atoms with Crippen molar-refractivity contribution >= 4 is 12.3 Å². The van der Waals surface area contributed by atoms with E-state index < -0.39 is 5.54 Å². The molecule has 4 heteroatoms. The first-order valence-electron chi connectivity index (χ1n) is 6.68. The van der Waals surface area contributed by atoms with Crippen LogP contribution in [0.4, 0.5) is 0 Å². The monoisotopic (exact) mass is 239 g/mol. The molecular formula is C13H23N2O2. The summed E-state index contributed by atoms with van der Waals surface area (Å²) in [6.07, 6.45) is 9.58. The molecule has 0 aromatic rings. The van der Waals surface area contributed by atoms with Crippen molar-refractivity contribution in [2.24, 2.45) is 0 Å². The standard InChI is InChI=1S/C13H23N2O2/c1-2-3-7-10-14-12(17)13(15-11-16)8-5-4-6-9-13/h2-10H2,1H3,(H,14,17)(H,15,16). The van der Waals surface area contributed by atoms with E-state index in [9.17, 15) is 9.59 Å². The van der Waals surface area contributed by atoms with Crippen LogP contribution >= 0.6 is 0 Å². The Bertz CT molecular complexity index is 248. The van der Waals surface area contributed by atoms with E-state index in [2.05, 4.69) is 17.6 Å². The highest BCUT2D eigenvalue weighted by Crippen LogP contribution is 2.28. The van der Waals surface area contributed by atoms with Gasteiger partial charge in [-0.05, 0) is 19.3 Å². The van der Waals surface area contributed by atoms with Crippen LogP contribution in [0.2, 0.25) is 0 Å². The second kappa shape index (κ2) is 7.30. The minimum Gasteiger partial charge on any atom is -0.354 e. The molecule has 2 amide bonds. The fourth-order valence-corrected chi connectivity index (χ4v) is 2.41. The molecule has 0 heterocycles. The van der Waals surface area contributed by atoms with E-state index in [0.717, 1.165) is 51.4 Å². The molecule has 4 nitrogen and oxygen atoms in total. The van der Waals surface area contributed by atoms with Crippen LogP contribution in [0.3, 0.4) is 0 Å². The Morgan fingerprint density at radius 1 is 1.24 bits per heavy atom. The van der Waals surface area contributed by atoms with E-state index in [-0.39, 0.29) is 5.91 Å². The van der Waals surface area contributed by atoms with Gasteiger partial charge in [-0.3, -0.25) is 9.59 Å². The maximum absolute atomic E-state index is 12.1. The summed E-state index contributed by atoms with van der Waals surface area (Å²) < 4.78 is 0. The van der Waals surface area contributed by atoms with E-state index in [1.54, 1.807) is 6.41 Å². The molecule has 97 valence electrons. The van der Waals surface area contributed by atoms with Crippen molar-refractivity contribution in [1.29, 1.82) is 0 Å². The third kappa shape index (κ3) is 4.02. The van der Waals surface area contributed by atoms with Crippen LogP contribution in [0, 0.1) is 0 Å². The smallest absolute Gasteiger partial charge is 0.310 e. The number of carbonyl (C=O) groups is 1. The van der Waals surface area contributed by atoms with Crippen LogP contribution in [0.25, 0.3) is 0 Å². The lowest BCUT2D eigenvalue weighted by molar-refractivity contribution is -0.128. The highest BCUT2D eigenvalue weighted by Gasteiger charge is 2.38. The fourth-order valence-electron chi connectivity index (χ4n) is 2.41. The number of unbranched alkanes of at least 4 members (excludes halogenated alkanes) is 2. The van der Waals surface area contributed by atoms with Gasteiger partial charge in [-0.15, -0.1) is 0 Å². The van der Waals surface area contributed by atoms with Gasteiger partial charge in [-0.1, -0.05) is 39.0 Å². The summed E-state index contributed by atoms with van der Waals surface area (Å²) in [5.41, 5.74) is -0.688. The van der Waals surface area contributed by atoms with Gasteiger partial charge in [-0.25, -0.2) is 0 Å². The summed E-state index contributed by atoms with van der Waals surface area (Å²) in [6, 6.07) is 0. The van der Waals surface area contributed by atoms with Gasteiger partial charge in [0.15, 0.2) is 0 Å². The normalized spacial score (nSPS) is 18.4. The molecule has 1 rings (SSSR count). The fraction of sp³-hybridized carbons (Fsp3) is 0.846. The molecule has 0 aliphatic heterocycles. The molecular weight excluding hydrogens is 216 g/mol. The zero-order valence-electron chi connectivity index (χ0n) is 10.7. The molecule has 1 saturated carbocycles. The molecule has 1 aliphatic carbocycles. The molecule has 2 N–H and O–H groups in total. The third-order valence-electron chi connectivity index (χ3n) is 3.50. The lowest BCUT2D eigenvalue weighted by Gasteiger charge is -2.34. The largest absolute Gasteiger partial charge is 0.354 e. The van der Waals surface area contributed by atoms with E-state index in [4.69, 9.17) is 0 Å². The number of carbonyl (C=O) groups excluding carboxylic acids is 2. The number of rotatable bonds is 7. The minimum absolute atomic E-state index is 0.0309. The zero-order valence-corrected chi connectivity index (χ0v) is 10.7. The van der Waals surface area contributed by atoms with Crippen LogP contribution in [0.15, 0.2) is 0 Å². The van der Waals surface area contributed by atoms with E-state index >= 15 is 0 Å². The summed E-state index contributed by atoms with van der Waals surface area (Å²) in [5.74, 6) is -0.0309. The minimum atomic E-state index is -0.688. The van der Waals surface area contributed by atoms with E-state index in [0.29, 0.717) is 6.54 Å². The highest BCUT2D eigenvalue weighted by atomic mass is 16.2. The Labute approximate surface area is 104 Å². The van der Waals surface area contributed by atoms with Gasteiger partial charge in [0.25, 0.3) is 0 Å². The first kappa shape index (κ1) is 14.0. The molecule has 0 saturated heterocycles. The van der Waals surface area contributed by atoms with Gasteiger partial charge in [0.2, 0.25) is 5.91 Å². The lowest BCUT2D eigenvalue weighted by Crippen LogP contribution is -2.57. The van der Waals surface area contributed by atoms with Gasteiger partial charge in [0.1, 0.15) is 5.54 Å². The van der Waals surface area contributed by atoms with Crippen molar-refractivity contribution in [2.75, 3.05) is 6.54 Å². The van der Waals surface area contributed by atoms with Crippen LogP contribution in [0.1, 0.15) is 58.3 Å². The van der Waals surface area contributed by atoms with Crippen LogP contribution < -0.4 is 10.6 Å². The molecule has 1 aliphatic rings. The quantitative estimate of drug-likeness (QED) is 0.524. The van der Waals surface area contributed by atoms with Gasteiger partial charge >= 0.3 is 6.41 Å². The van der Waals surface area contributed by atoms with Crippen molar-refractivity contribution in [1.82, 2.24) is 10.6 Å². The molecule has 1 radical (unpaired) electrons. The first-order chi connectivity index (χ1) is 8.25. The summed E-state index contributed by atoms with van der Waals surface area (Å²) in [6.45, 7) is 2.84. The number of nitrogens with one attached hydrogen (secondary N) is 2.